The van der Waals surface area contributed by atoms with Gasteiger partial charge in [0, 0.05) is 55.7 Å². The van der Waals surface area contributed by atoms with Crippen molar-refractivity contribution in [1.29, 1.82) is 0 Å². The van der Waals surface area contributed by atoms with Crippen LogP contribution >= 0.6 is 11.3 Å². The Morgan fingerprint density at radius 1 is 0.964 bits per heavy atom. The van der Waals surface area contributed by atoms with Gasteiger partial charge in [0.15, 0.2) is 0 Å². The number of pyridine rings is 1. The van der Waals surface area contributed by atoms with E-state index in [1.165, 1.54) is 4.90 Å². The first-order valence-electron chi connectivity index (χ1n) is 18.1. The number of benzene rings is 1. The minimum Gasteiger partial charge on any atom is -0.493 e. The van der Waals surface area contributed by atoms with Gasteiger partial charge in [-0.2, -0.15) is 26.3 Å². The Morgan fingerprint density at radius 2 is 1.69 bits per heavy atom. The highest BCUT2D eigenvalue weighted by atomic mass is 32.1. The number of likely N-dealkylation sites (tertiary alicyclic amines) is 2. The van der Waals surface area contributed by atoms with Crippen molar-refractivity contribution < 1.29 is 60.4 Å². The molecule has 0 spiro atoms. The lowest BCUT2D eigenvalue weighted by Gasteiger charge is -2.51. The predicted molar refractivity (Wildman–Crippen MR) is 189 cm³/mol. The molecule has 2 fully saturated rings. The minimum atomic E-state index is -4.92. The summed E-state index contributed by atoms with van der Waals surface area (Å²) < 4.78 is 95.4. The Hall–Kier alpha value is -4.38. The first-order valence-corrected chi connectivity index (χ1v) is 19.0. The van der Waals surface area contributed by atoms with E-state index in [1.807, 2.05) is 0 Å². The van der Waals surface area contributed by atoms with Gasteiger partial charge in [0.25, 0.3) is 11.8 Å². The SMILES string of the molecule is CCCC1N(C(=O)c2ncccc2C(F)(F)F)CCCC1(Oc1csc(C(F)(F)F)c1)C(=O)N1CCC(O)(c2ccccc2OCCCCCC(=O)O)CC1. The number of aliphatic carboxylic acids is 1. The molecule has 0 radical (unpaired) electrons. The monoisotopic (exact) mass is 799 g/mol. The zero-order chi connectivity index (χ0) is 40.0. The van der Waals surface area contributed by atoms with Crippen molar-refractivity contribution in [2.24, 2.45) is 0 Å². The zero-order valence-corrected chi connectivity index (χ0v) is 30.9. The van der Waals surface area contributed by atoms with E-state index in [0.29, 0.717) is 48.3 Å². The Bertz CT molecular complexity index is 1810. The molecule has 2 aliphatic rings. The second-order valence-electron chi connectivity index (χ2n) is 13.8. The standard InChI is InChI=1S/C38H43F6N3O7S/c1-2-10-29-36(54-25-23-30(55-24-25)38(42,43)44,15-9-19-47(29)33(50)32-27(37(39,40)41)12-8-18-45-32)34(51)46-20-16-35(52,17-21-46)26-11-5-6-13-28(26)53-22-7-3-4-14-31(48)49/h5-6,8,11-13,18,23-24,29,52H,2-4,7,9-10,14-17,19-22H2,1H3,(H,48,49). The summed E-state index contributed by atoms with van der Waals surface area (Å²) >= 11 is 0.364. The first kappa shape index (κ1) is 41.8. The molecule has 5 rings (SSSR count). The lowest BCUT2D eigenvalue weighted by Crippen LogP contribution is -2.68. The summed E-state index contributed by atoms with van der Waals surface area (Å²) in [4.78, 5) is 45.1. The summed E-state index contributed by atoms with van der Waals surface area (Å²) in [5.41, 5.74) is -5.06. The van der Waals surface area contributed by atoms with Gasteiger partial charge in [-0.1, -0.05) is 31.5 Å². The lowest BCUT2D eigenvalue weighted by atomic mass is 9.78. The van der Waals surface area contributed by atoms with Crippen LogP contribution in [0.15, 0.2) is 54.0 Å². The molecule has 1 aromatic carbocycles. The molecule has 0 aliphatic carbocycles. The van der Waals surface area contributed by atoms with E-state index in [0.717, 1.165) is 34.7 Å². The number of unbranched alkanes of at least 4 members (excludes halogenated alkanes) is 2. The van der Waals surface area contributed by atoms with Crippen molar-refractivity contribution >= 4 is 29.1 Å². The number of carbonyl (C=O) groups is 3. The number of para-hydroxylation sites is 1. The summed E-state index contributed by atoms with van der Waals surface area (Å²) in [6, 6.07) is 8.26. The van der Waals surface area contributed by atoms with Crippen LogP contribution in [0.4, 0.5) is 26.3 Å². The van der Waals surface area contributed by atoms with Gasteiger partial charge in [-0.25, -0.2) is 0 Å². The first-order chi connectivity index (χ1) is 26.0. The number of ether oxygens (including phenoxy) is 2. The highest BCUT2D eigenvalue weighted by Crippen LogP contribution is 2.44. The van der Waals surface area contributed by atoms with Crippen molar-refractivity contribution in [1.82, 2.24) is 14.8 Å². The topological polar surface area (TPSA) is 130 Å². The number of rotatable bonds is 14. The highest BCUT2D eigenvalue weighted by molar-refractivity contribution is 7.10. The number of hydrogen-bond acceptors (Lipinski definition) is 8. The molecule has 2 atom stereocenters. The molecule has 0 saturated carbocycles. The molecule has 55 heavy (non-hydrogen) atoms. The van der Waals surface area contributed by atoms with Crippen molar-refractivity contribution in [2.75, 3.05) is 26.2 Å². The number of amides is 2. The average Bonchev–Trinajstić information content (AvgIpc) is 3.62. The molecule has 2 saturated heterocycles. The summed E-state index contributed by atoms with van der Waals surface area (Å²) in [6.45, 7) is 1.94. The van der Waals surface area contributed by atoms with Crippen LogP contribution in [0.2, 0.25) is 0 Å². The number of nitrogens with zero attached hydrogens (tertiary/aromatic N) is 3. The van der Waals surface area contributed by atoms with Crippen LogP contribution in [0.25, 0.3) is 0 Å². The maximum Gasteiger partial charge on any atom is 0.425 e. The molecule has 2 unspecified atom stereocenters. The fourth-order valence-electron chi connectivity index (χ4n) is 7.41. The number of alkyl halides is 6. The smallest absolute Gasteiger partial charge is 0.425 e. The van der Waals surface area contributed by atoms with Crippen molar-refractivity contribution in [3.63, 3.8) is 0 Å². The Labute approximate surface area is 318 Å². The van der Waals surface area contributed by atoms with Gasteiger partial charge in [-0.05, 0) is 63.1 Å². The number of carbonyl (C=O) groups excluding carboxylic acids is 2. The van der Waals surface area contributed by atoms with Crippen LogP contribution < -0.4 is 9.47 Å². The summed E-state index contributed by atoms with van der Waals surface area (Å²) in [6.07, 6.45) is -6.26. The molecule has 4 heterocycles. The molecule has 0 bridgehead atoms. The molecule has 300 valence electrons. The number of carboxylic acids is 1. The predicted octanol–water partition coefficient (Wildman–Crippen LogP) is 7.94. The molecule has 2 amide bonds. The van der Waals surface area contributed by atoms with Crippen LogP contribution in [0.5, 0.6) is 11.5 Å². The largest absolute Gasteiger partial charge is 0.493 e. The van der Waals surface area contributed by atoms with Gasteiger partial charge in [0.1, 0.15) is 22.1 Å². The Balaban J connectivity index is 1.44. The van der Waals surface area contributed by atoms with Gasteiger partial charge in [-0.15, -0.1) is 11.3 Å². The van der Waals surface area contributed by atoms with E-state index in [9.17, 15) is 45.8 Å². The fraction of sp³-hybridized carbons (Fsp3) is 0.526. The third kappa shape index (κ3) is 9.54. The number of aliphatic hydroxyl groups is 1. The molecule has 3 aromatic rings. The maximum absolute atomic E-state index is 14.9. The number of hydrogen-bond donors (Lipinski definition) is 2. The Morgan fingerprint density at radius 3 is 2.35 bits per heavy atom. The van der Waals surface area contributed by atoms with E-state index in [-0.39, 0.29) is 70.5 Å². The molecule has 2 N–H and O–H groups in total. The second-order valence-corrected chi connectivity index (χ2v) is 14.7. The van der Waals surface area contributed by atoms with Crippen LogP contribution in [0, 0.1) is 0 Å². The van der Waals surface area contributed by atoms with Crippen molar-refractivity contribution in [3.05, 3.63) is 75.7 Å². The Kier molecular flexibility index (Phi) is 13.1. The van der Waals surface area contributed by atoms with Crippen molar-refractivity contribution in [2.45, 2.75) is 101 Å². The second kappa shape index (κ2) is 17.2. The van der Waals surface area contributed by atoms with E-state index in [4.69, 9.17) is 14.6 Å². The van der Waals surface area contributed by atoms with Gasteiger partial charge < -0.3 is 29.5 Å². The van der Waals surface area contributed by atoms with E-state index in [1.54, 1.807) is 31.2 Å². The van der Waals surface area contributed by atoms with Crippen LogP contribution in [0.3, 0.4) is 0 Å². The summed E-state index contributed by atoms with van der Waals surface area (Å²) in [7, 11) is 0. The number of aromatic nitrogens is 1. The third-order valence-corrected chi connectivity index (χ3v) is 11.0. The molecule has 2 aliphatic heterocycles. The zero-order valence-electron chi connectivity index (χ0n) is 30.1. The van der Waals surface area contributed by atoms with Gasteiger partial charge in [0.2, 0.25) is 5.60 Å². The van der Waals surface area contributed by atoms with Gasteiger partial charge in [-0.3, -0.25) is 19.4 Å². The molecule has 10 nitrogen and oxygen atoms in total. The van der Waals surface area contributed by atoms with Gasteiger partial charge >= 0.3 is 18.3 Å². The number of halogens is 6. The minimum absolute atomic E-state index is 0.0212. The number of thiophene rings is 1. The molecular formula is C38H43F6N3O7S. The maximum atomic E-state index is 14.9. The van der Waals surface area contributed by atoms with E-state index < -0.39 is 63.5 Å². The summed E-state index contributed by atoms with van der Waals surface area (Å²) in [5, 5.41) is 21.9. The number of piperidine rings is 2. The van der Waals surface area contributed by atoms with E-state index in [2.05, 4.69) is 4.98 Å². The quantitative estimate of drug-likeness (QED) is 0.124. The van der Waals surface area contributed by atoms with Crippen LogP contribution in [-0.4, -0.2) is 80.7 Å². The lowest BCUT2D eigenvalue weighted by molar-refractivity contribution is -0.163. The number of carboxylic acid groups (broad SMARTS) is 1. The summed E-state index contributed by atoms with van der Waals surface area (Å²) in [5.74, 6) is -2.46. The molecule has 17 heteroatoms. The van der Waals surface area contributed by atoms with Gasteiger partial charge in [0.05, 0.1) is 23.8 Å². The molecule has 2 aromatic heterocycles. The van der Waals surface area contributed by atoms with Crippen LogP contribution in [0.1, 0.15) is 97.6 Å². The van der Waals surface area contributed by atoms with Crippen LogP contribution in [-0.2, 0) is 27.5 Å². The third-order valence-electron chi connectivity index (χ3n) is 10.1. The van der Waals surface area contributed by atoms with E-state index >= 15 is 0 Å². The van der Waals surface area contributed by atoms with Crippen molar-refractivity contribution in [3.8, 4) is 11.5 Å². The molecular weight excluding hydrogens is 756 g/mol. The fourth-order valence-corrected chi connectivity index (χ4v) is 8.08. The highest BCUT2D eigenvalue weighted by Gasteiger charge is 2.56. The normalized spacial score (nSPS) is 20.3. The average molecular weight is 800 g/mol.